The third kappa shape index (κ3) is 5.27. The van der Waals surface area contributed by atoms with Crippen molar-refractivity contribution in [3.63, 3.8) is 0 Å². The largest absolute Gasteiger partial charge is 1.00 e. The van der Waals surface area contributed by atoms with Gasteiger partial charge in [-0.2, -0.15) is 0 Å². The van der Waals surface area contributed by atoms with Gasteiger partial charge >= 0.3 is 57.4 Å². The van der Waals surface area contributed by atoms with Gasteiger partial charge in [0.25, 0.3) is 0 Å². The van der Waals surface area contributed by atoms with Crippen LogP contribution in [0.25, 0.3) is 0 Å². The van der Waals surface area contributed by atoms with Crippen LogP contribution < -0.4 is 51.4 Å². The van der Waals surface area contributed by atoms with Crippen molar-refractivity contribution < 1.29 is 62.3 Å². The molecule has 0 unspecified atom stereocenters. The fourth-order valence-electron chi connectivity index (χ4n) is 0.911. The molecule has 3 heteroatoms. The molecule has 0 saturated carbocycles. The topological polar surface area (TPSA) is 26.3 Å². The van der Waals surface area contributed by atoms with E-state index in [1.165, 1.54) is 0 Å². The van der Waals surface area contributed by atoms with Gasteiger partial charge in [-0.3, -0.25) is 0 Å². The predicted octanol–water partition coefficient (Wildman–Crippen LogP) is -0.242. The Morgan fingerprint density at radius 3 is 2.14 bits per heavy atom. The molecule has 0 fully saturated rings. The second-order valence-electron chi connectivity index (χ2n) is 3.87. The number of esters is 1. The van der Waals surface area contributed by atoms with Crippen LogP contribution in [-0.2, 0) is 4.74 Å². The van der Waals surface area contributed by atoms with Crippen LogP contribution in [0.2, 0.25) is 0 Å². The number of rotatable bonds is 1. The molecule has 1 rings (SSSR count). The zero-order chi connectivity index (χ0) is 9.90. The zero-order valence-corrected chi connectivity index (χ0v) is 12.3. The summed E-state index contributed by atoms with van der Waals surface area (Å²) in [4.78, 5) is 11.4. The maximum absolute atomic E-state index is 11.4. The van der Waals surface area contributed by atoms with Gasteiger partial charge < -0.3 is 6.16 Å². The summed E-state index contributed by atoms with van der Waals surface area (Å²) >= 11 is 0. The van der Waals surface area contributed by atoms with E-state index in [1.807, 2.05) is 39.0 Å². The van der Waals surface area contributed by atoms with Crippen LogP contribution in [0.5, 0.6) is 0 Å². The van der Waals surface area contributed by atoms with E-state index in [2.05, 4.69) is 0 Å². The molecule has 0 radical (unpaired) electrons. The van der Waals surface area contributed by atoms with Crippen molar-refractivity contribution in [2.75, 3.05) is 0 Å². The summed E-state index contributed by atoms with van der Waals surface area (Å²) in [5.74, 6) is -0.270. The second kappa shape index (κ2) is 6.03. The van der Waals surface area contributed by atoms with Crippen molar-refractivity contribution in [2.45, 2.75) is 26.4 Å². The van der Waals surface area contributed by atoms with Gasteiger partial charge in [-0.1, -0.05) is 18.2 Å². The van der Waals surface area contributed by atoms with Gasteiger partial charge in [-0.05, 0) is 32.9 Å². The van der Waals surface area contributed by atoms with E-state index in [0.29, 0.717) is 5.56 Å². The summed E-state index contributed by atoms with van der Waals surface area (Å²) in [6, 6.07) is 8.99. The molecule has 0 heterocycles. The minimum absolute atomic E-state index is 0. The molecular formula is C11H15KO2. The summed E-state index contributed by atoms with van der Waals surface area (Å²) in [5.41, 5.74) is 0.171. The van der Waals surface area contributed by atoms with Gasteiger partial charge in [0, 0.05) is 0 Å². The van der Waals surface area contributed by atoms with Crippen LogP contribution in [-0.4, -0.2) is 11.6 Å². The van der Waals surface area contributed by atoms with Crippen LogP contribution in [0.3, 0.4) is 0 Å². The monoisotopic (exact) mass is 218 g/mol. The Hall–Kier alpha value is 0.326. The molecule has 2 nitrogen and oxygen atoms in total. The molecule has 1 aromatic carbocycles. The van der Waals surface area contributed by atoms with Crippen LogP contribution in [0.15, 0.2) is 30.3 Å². The van der Waals surface area contributed by atoms with Crippen molar-refractivity contribution in [1.29, 1.82) is 0 Å². The maximum Gasteiger partial charge on any atom is 1.00 e. The van der Waals surface area contributed by atoms with E-state index in [9.17, 15) is 4.79 Å². The van der Waals surface area contributed by atoms with Gasteiger partial charge in [-0.25, -0.2) is 4.79 Å². The number of hydrogen-bond acceptors (Lipinski definition) is 2. The molecule has 0 amide bonds. The fourth-order valence-corrected chi connectivity index (χ4v) is 0.911. The molecule has 0 aromatic heterocycles. The molecule has 72 valence electrons. The maximum atomic E-state index is 11.4. The van der Waals surface area contributed by atoms with Crippen molar-refractivity contribution in [1.82, 2.24) is 0 Å². The van der Waals surface area contributed by atoms with Crippen LogP contribution in [0.4, 0.5) is 0 Å². The van der Waals surface area contributed by atoms with Gasteiger partial charge in [0.2, 0.25) is 0 Å². The Morgan fingerprint density at radius 2 is 1.71 bits per heavy atom. The van der Waals surface area contributed by atoms with Crippen molar-refractivity contribution >= 4 is 5.97 Å². The minimum Gasteiger partial charge on any atom is -1.00 e. The Morgan fingerprint density at radius 1 is 1.21 bits per heavy atom. The number of benzene rings is 1. The number of hydrogen-bond donors (Lipinski definition) is 0. The number of carbonyl (C=O) groups excluding carboxylic acids is 1. The second-order valence-corrected chi connectivity index (χ2v) is 3.87. The SMILES string of the molecule is CC(C)(C)OC(=O)c1ccccc1.[H-].[K+]. The summed E-state index contributed by atoms with van der Waals surface area (Å²) in [5, 5.41) is 0. The van der Waals surface area contributed by atoms with Crippen molar-refractivity contribution in [3.8, 4) is 0 Å². The first-order valence-electron chi connectivity index (χ1n) is 4.27. The standard InChI is InChI=1S/C11H14O2.K.H/c1-11(2,3)13-10(12)9-7-5-4-6-8-9;;/h4-8H,1-3H3;;/q;+1;-1. The van der Waals surface area contributed by atoms with E-state index in [0.717, 1.165) is 0 Å². The quantitative estimate of drug-likeness (QED) is 0.480. The van der Waals surface area contributed by atoms with Gasteiger partial charge in [-0.15, -0.1) is 0 Å². The molecule has 0 aliphatic heterocycles. The molecule has 1 aromatic rings. The Labute approximate surface area is 129 Å². The predicted molar refractivity (Wildman–Crippen MR) is 52.7 cm³/mol. The van der Waals surface area contributed by atoms with E-state index in [1.54, 1.807) is 12.1 Å². The summed E-state index contributed by atoms with van der Waals surface area (Å²) in [7, 11) is 0. The van der Waals surface area contributed by atoms with Crippen molar-refractivity contribution in [3.05, 3.63) is 35.9 Å². The van der Waals surface area contributed by atoms with Crippen molar-refractivity contribution in [2.24, 2.45) is 0 Å². The van der Waals surface area contributed by atoms with Crippen LogP contribution >= 0.6 is 0 Å². The van der Waals surface area contributed by atoms with E-state index >= 15 is 0 Å². The molecule has 0 aliphatic carbocycles. The molecule has 14 heavy (non-hydrogen) atoms. The molecule has 0 spiro atoms. The molecular weight excluding hydrogens is 203 g/mol. The first-order chi connectivity index (χ1) is 5.99. The first kappa shape index (κ1) is 14.3. The molecule has 0 atom stereocenters. The Balaban J connectivity index is 0. The van der Waals surface area contributed by atoms with Crippen LogP contribution in [0.1, 0.15) is 32.6 Å². The summed E-state index contributed by atoms with van der Waals surface area (Å²) < 4.78 is 5.18. The number of ether oxygens (including phenoxy) is 1. The van der Waals surface area contributed by atoms with E-state index in [-0.39, 0.29) is 58.8 Å². The van der Waals surface area contributed by atoms with Crippen LogP contribution in [0, 0.1) is 0 Å². The minimum atomic E-state index is -0.424. The summed E-state index contributed by atoms with van der Waals surface area (Å²) in [6.45, 7) is 5.56. The molecule has 0 bridgehead atoms. The average Bonchev–Trinajstić information content (AvgIpc) is 2.03. The molecule has 0 N–H and O–H groups in total. The third-order valence-electron chi connectivity index (χ3n) is 1.41. The summed E-state index contributed by atoms with van der Waals surface area (Å²) in [6.07, 6.45) is 0. The molecule has 0 aliphatic rings. The van der Waals surface area contributed by atoms with E-state index in [4.69, 9.17) is 4.74 Å². The Kier molecular flexibility index (Phi) is 6.17. The van der Waals surface area contributed by atoms with E-state index < -0.39 is 5.60 Å². The zero-order valence-electron chi connectivity index (χ0n) is 10.2. The average molecular weight is 218 g/mol. The molecule has 0 saturated heterocycles. The van der Waals surface area contributed by atoms with Gasteiger partial charge in [0.05, 0.1) is 5.56 Å². The smallest absolute Gasteiger partial charge is 1.00 e. The third-order valence-corrected chi connectivity index (χ3v) is 1.41. The Bertz CT molecular complexity index is 293. The fraction of sp³-hybridized carbons (Fsp3) is 0.364. The van der Waals surface area contributed by atoms with Gasteiger partial charge in [0.1, 0.15) is 5.60 Å². The first-order valence-corrected chi connectivity index (χ1v) is 4.27. The normalized spacial score (nSPS) is 10.2. The van der Waals surface area contributed by atoms with Gasteiger partial charge in [0.15, 0.2) is 0 Å². The number of carbonyl (C=O) groups is 1.